The number of allylic oxidation sites excluding steroid dienone is 2. The lowest BCUT2D eigenvalue weighted by Crippen LogP contribution is -2.60. The number of rotatable bonds is 1. The van der Waals surface area contributed by atoms with E-state index in [0.29, 0.717) is 40.7 Å². The summed E-state index contributed by atoms with van der Waals surface area (Å²) in [5.41, 5.74) is 1.08. The molecule has 0 spiro atoms. The van der Waals surface area contributed by atoms with Gasteiger partial charge in [0.25, 0.3) is 0 Å². The average Bonchev–Trinajstić information content (AvgIpc) is 3.54. The molecule has 0 radical (unpaired) electrons. The van der Waals surface area contributed by atoms with Crippen molar-refractivity contribution in [2.45, 2.75) is 117 Å². The van der Waals surface area contributed by atoms with Gasteiger partial charge in [0.1, 0.15) is 11.9 Å². The predicted molar refractivity (Wildman–Crippen MR) is 162 cm³/mol. The van der Waals surface area contributed by atoms with Crippen LogP contribution in [0, 0.1) is 63.6 Å². The van der Waals surface area contributed by atoms with E-state index in [4.69, 9.17) is 4.89 Å². The largest absolute Gasteiger partial charge is 0.299 e. The lowest BCUT2D eigenvalue weighted by molar-refractivity contribution is -0.311. The Balaban J connectivity index is 0.000000141. The van der Waals surface area contributed by atoms with E-state index < -0.39 is 5.41 Å². The SMILES string of the molecule is C[C@@]12CCC[C@H]1[C@@H]1CC(OO)C3C=CC(=O)C(=O)[C@]3(C)[C@H]1CC2.C[C@]12CC[C@H]3[C@@H](CCC4=CC(=O)CC[C@@H]43)[C@@H]1CCC2=O. The van der Waals surface area contributed by atoms with E-state index in [2.05, 4.69) is 13.8 Å². The van der Waals surface area contributed by atoms with Gasteiger partial charge in [0.15, 0.2) is 5.78 Å². The lowest BCUT2D eigenvalue weighted by Gasteiger charge is -2.58. The van der Waals surface area contributed by atoms with Gasteiger partial charge in [-0.05, 0) is 130 Å². The molecule has 6 fully saturated rings. The molecule has 0 aromatic rings. The molecule has 6 nitrogen and oxygen atoms in total. The van der Waals surface area contributed by atoms with E-state index in [1.165, 1.54) is 43.8 Å². The third-order valence-electron chi connectivity index (χ3n) is 14.9. The summed E-state index contributed by atoms with van der Waals surface area (Å²) in [7, 11) is 0. The highest BCUT2D eigenvalue weighted by Crippen LogP contribution is 2.65. The summed E-state index contributed by atoms with van der Waals surface area (Å²) < 4.78 is 0. The number of ketones is 4. The molecule has 2 unspecified atom stereocenters. The maximum Gasteiger partial charge on any atom is 0.221 e. The Morgan fingerprint density at radius 2 is 1.60 bits per heavy atom. The average molecular weight is 591 g/mol. The first-order valence-electron chi connectivity index (χ1n) is 17.3. The number of carbonyl (C=O) groups is 4. The minimum absolute atomic E-state index is 0.00707. The highest BCUT2D eigenvalue weighted by Gasteiger charge is 2.63. The number of hydrogen-bond donors (Lipinski definition) is 1. The smallest absolute Gasteiger partial charge is 0.221 e. The van der Waals surface area contributed by atoms with E-state index in [1.807, 2.05) is 19.1 Å². The molecule has 0 saturated heterocycles. The van der Waals surface area contributed by atoms with Crippen molar-refractivity contribution in [1.82, 2.24) is 0 Å². The Morgan fingerprint density at radius 3 is 2.40 bits per heavy atom. The van der Waals surface area contributed by atoms with E-state index >= 15 is 0 Å². The first-order valence-corrected chi connectivity index (χ1v) is 17.3. The molecule has 0 aromatic heterocycles. The summed E-state index contributed by atoms with van der Waals surface area (Å²) in [6, 6.07) is 0. The van der Waals surface area contributed by atoms with Gasteiger partial charge in [-0.15, -0.1) is 0 Å². The summed E-state index contributed by atoms with van der Waals surface area (Å²) in [6.45, 7) is 6.57. The Labute approximate surface area is 256 Å². The van der Waals surface area contributed by atoms with E-state index in [-0.39, 0.29) is 34.9 Å². The molecule has 8 aliphatic carbocycles. The van der Waals surface area contributed by atoms with E-state index in [1.54, 1.807) is 0 Å². The molecule has 1 N–H and O–H groups in total. The molecule has 0 aliphatic heterocycles. The molecular formula is C37H50O6. The van der Waals surface area contributed by atoms with Crippen molar-refractivity contribution in [3.8, 4) is 0 Å². The molecule has 0 bridgehead atoms. The van der Waals surface area contributed by atoms with Crippen LogP contribution in [-0.4, -0.2) is 34.5 Å². The number of Topliss-reactive ketones (excluding diaryl/α,β-unsaturated/α-hetero) is 2. The highest BCUT2D eigenvalue weighted by molar-refractivity contribution is 6.44. The minimum atomic E-state index is -0.716. The van der Waals surface area contributed by atoms with Crippen LogP contribution in [0.25, 0.3) is 0 Å². The maximum atomic E-state index is 12.8. The van der Waals surface area contributed by atoms with Crippen molar-refractivity contribution < 1.29 is 29.3 Å². The van der Waals surface area contributed by atoms with Crippen LogP contribution >= 0.6 is 0 Å². The van der Waals surface area contributed by atoms with E-state index in [9.17, 15) is 24.4 Å². The second-order valence-electron chi connectivity index (χ2n) is 16.4. The summed E-state index contributed by atoms with van der Waals surface area (Å²) in [5, 5.41) is 9.46. The Morgan fingerprint density at radius 1 is 0.791 bits per heavy atom. The molecule has 0 heterocycles. The van der Waals surface area contributed by atoms with Crippen LogP contribution in [0.2, 0.25) is 0 Å². The first-order chi connectivity index (χ1) is 20.5. The molecular weight excluding hydrogens is 540 g/mol. The number of hydrogen-bond acceptors (Lipinski definition) is 6. The molecule has 43 heavy (non-hydrogen) atoms. The molecule has 8 aliphatic rings. The van der Waals surface area contributed by atoms with Crippen molar-refractivity contribution >= 4 is 23.1 Å². The fourth-order valence-electron chi connectivity index (χ4n) is 12.6. The molecule has 0 amide bonds. The van der Waals surface area contributed by atoms with Crippen LogP contribution in [0.4, 0.5) is 0 Å². The van der Waals surface area contributed by atoms with Crippen LogP contribution in [-0.2, 0) is 24.1 Å². The number of carbonyl (C=O) groups excluding carboxylic acids is 4. The van der Waals surface area contributed by atoms with Gasteiger partial charge in [0.05, 0.1) is 0 Å². The van der Waals surface area contributed by atoms with Crippen molar-refractivity contribution in [3.05, 3.63) is 23.8 Å². The normalized spacial score (nSPS) is 49.9. The van der Waals surface area contributed by atoms with Gasteiger partial charge >= 0.3 is 0 Å². The minimum Gasteiger partial charge on any atom is -0.299 e. The van der Waals surface area contributed by atoms with Crippen LogP contribution in [0.3, 0.4) is 0 Å². The second kappa shape index (κ2) is 10.6. The zero-order chi connectivity index (χ0) is 30.3. The summed E-state index contributed by atoms with van der Waals surface area (Å²) >= 11 is 0. The zero-order valence-electron chi connectivity index (χ0n) is 26.3. The van der Waals surface area contributed by atoms with Gasteiger partial charge in [-0.3, -0.25) is 24.4 Å². The fraction of sp³-hybridized carbons (Fsp3) is 0.784. The topological polar surface area (TPSA) is 97.7 Å². The first kappa shape index (κ1) is 29.8. The van der Waals surface area contributed by atoms with Crippen molar-refractivity contribution in [2.75, 3.05) is 0 Å². The lowest BCUT2D eigenvalue weighted by atomic mass is 9.45. The number of fused-ring (bicyclic) bond motifs is 10. The monoisotopic (exact) mass is 590 g/mol. The highest BCUT2D eigenvalue weighted by atomic mass is 17.1. The van der Waals surface area contributed by atoms with Gasteiger partial charge in [-0.1, -0.05) is 38.8 Å². The quantitative estimate of drug-likeness (QED) is 0.199. The van der Waals surface area contributed by atoms with Crippen LogP contribution in [0.1, 0.15) is 111 Å². The third kappa shape index (κ3) is 4.39. The van der Waals surface area contributed by atoms with Crippen LogP contribution < -0.4 is 0 Å². The molecule has 12 atom stereocenters. The fourth-order valence-corrected chi connectivity index (χ4v) is 12.6. The third-order valence-corrected chi connectivity index (χ3v) is 14.9. The molecule has 6 heteroatoms. The predicted octanol–water partition coefficient (Wildman–Crippen LogP) is 7.11. The summed E-state index contributed by atoms with van der Waals surface area (Å²) in [6.07, 6.45) is 19.8. The van der Waals surface area contributed by atoms with Crippen LogP contribution in [0.5, 0.6) is 0 Å². The van der Waals surface area contributed by atoms with Gasteiger partial charge in [0.2, 0.25) is 11.6 Å². The van der Waals surface area contributed by atoms with Gasteiger partial charge in [-0.25, -0.2) is 4.89 Å². The summed E-state index contributed by atoms with van der Waals surface area (Å²) in [4.78, 5) is 53.6. The van der Waals surface area contributed by atoms with Crippen molar-refractivity contribution in [3.63, 3.8) is 0 Å². The van der Waals surface area contributed by atoms with Gasteiger partial charge in [0, 0.05) is 29.6 Å². The van der Waals surface area contributed by atoms with Crippen molar-refractivity contribution in [1.29, 1.82) is 0 Å². The van der Waals surface area contributed by atoms with Gasteiger partial charge < -0.3 is 0 Å². The molecule has 6 saturated carbocycles. The molecule has 234 valence electrons. The standard InChI is InChI=1S/C19H26O4.C18H24O2/c1-18-8-3-4-12(18)11-10-16(23-22)14-5-6-15(20)17(21)19(14,2)13(11)7-9-18;1-18-9-8-14-13-5-3-12(19)10-11(13)2-4-15(14)16(18)6-7-17(18)20/h5-6,11-14,16,22H,3-4,7-10H2,1-2H3;10,13-16H,2-9H2,1H3/t11-,12-,13-,14?,16?,18-,19+;13-,14+,15+,16-,18-/m00/s1. The Kier molecular flexibility index (Phi) is 7.32. The Hall–Kier alpha value is -1.92. The van der Waals surface area contributed by atoms with Crippen LogP contribution in [0.15, 0.2) is 23.8 Å². The van der Waals surface area contributed by atoms with E-state index in [0.717, 1.165) is 69.6 Å². The molecule has 0 aromatic carbocycles. The Bertz CT molecular complexity index is 1280. The second-order valence-corrected chi connectivity index (χ2v) is 16.4. The zero-order valence-corrected chi connectivity index (χ0v) is 26.3. The molecule has 8 rings (SSSR count). The van der Waals surface area contributed by atoms with Crippen molar-refractivity contribution in [2.24, 2.45) is 63.6 Å². The van der Waals surface area contributed by atoms with Gasteiger partial charge in [-0.2, -0.15) is 0 Å². The summed E-state index contributed by atoms with van der Waals surface area (Å²) in [5.74, 6) is 4.00. The maximum absolute atomic E-state index is 12.8.